The molecule has 0 aliphatic heterocycles. The highest BCUT2D eigenvalue weighted by molar-refractivity contribution is 6.30. The summed E-state index contributed by atoms with van der Waals surface area (Å²) in [6.07, 6.45) is 0. The monoisotopic (exact) mass is 386 g/mol. The van der Waals surface area contributed by atoms with E-state index in [0.717, 1.165) is 6.07 Å². The van der Waals surface area contributed by atoms with Crippen LogP contribution in [0.1, 0.15) is 0 Å². The molecule has 0 saturated heterocycles. The fraction of sp³-hybridized carbons (Fsp3) is 0.176. The number of quaternary nitrogens is 1. The summed E-state index contributed by atoms with van der Waals surface area (Å²) < 4.78 is 39.5. The lowest BCUT2D eigenvalue weighted by Gasteiger charge is -2.14. The van der Waals surface area contributed by atoms with E-state index in [2.05, 4.69) is 10.6 Å². The number of nitrogens with one attached hydrogen (secondary N) is 3. The van der Waals surface area contributed by atoms with Crippen LogP contribution in [0.2, 0.25) is 5.02 Å². The summed E-state index contributed by atoms with van der Waals surface area (Å²) in [5.41, 5.74) is 0.0906. The highest BCUT2D eigenvalue weighted by Gasteiger charge is 2.18. The standard InChI is InChI=1S/C17H15ClF3N3O2/c1-24(8-14(25)22-11-4-2-10(18)3-5-11)9-15(26)23-13-7-6-12(19)16(20)17(13)21/h2-7H,8-9H2,1H3,(H,22,25)(H,23,26)/p+1. The van der Waals surface area contributed by atoms with Crippen LogP contribution in [-0.2, 0) is 9.59 Å². The summed E-state index contributed by atoms with van der Waals surface area (Å²) in [5.74, 6) is -5.47. The maximum atomic E-state index is 13.5. The Kier molecular flexibility index (Phi) is 6.59. The molecule has 0 fully saturated rings. The summed E-state index contributed by atoms with van der Waals surface area (Å²) in [6, 6.07) is 8.15. The first-order chi connectivity index (χ1) is 12.3. The number of carbonyl (C=O) groups excluding carboxylic acids is 2. The molecule has 1 atom stereocenters. The number of hydrogen-bond acceptors (Lipinski definition) is 2. The van der Waals surface area contributed by atoms with Gasteiger partial charge < -0.3 is 15.5 Å². The number of rotatable bonds is 6. The van der Waals surface area contributed by atoms with Crippen LogP contribution in [0.25, 0.3) is 0 Å². The third kappa shape index (κ3) is 5.47. The SMILES string of the molecule is C[NH+](CC(=O)Nc1ccc(Cl)cc1)CC(=O)Nc1ccc(F)c(F)c1F. The van der Waals surface area contributed by atoms with Gasteiger partial charge in [-0.2, -0.15) is 0 Å². The van der Waals surface area contributed by atoms with Crippen molar-refractivity contribution in [2.45, 2.75) is 0 Å². The van der Waals surface area contributed by atoms with E-state index in [-0.39, 0.29) is 19.0 Å². The number of hydrogen-bond donors (Lipinski definition) is 3. The third-order valence-corrected chi connectivity index (χ3v) is 3.61. The molecule has 0 bridgehead atoms. The number of likely N-dealkylation sites (N-methyl/N-ethyl adjacent to an activating group) is 1. The van der Waals surface area contributed by atoms with Gasteiger partial charge in [0.25, 0.3) is 11.8 Å². The van der Waals surface area contributed by atoms with Gasteiger partial charge in [0.15, 0.2) is 30.5 Å². The van der Waals surface area contributed by atoms with Gasteiger partial charge in [-0.05, 0) is 36.4 Å². The summed E-state index contributed by atoms with van der Waals surface area (Å²) in [6.45, 7) is -0.206. The maximum Gasteiger partial charge on any atom is 0.279 e. The first-order valence-corrected chi connectivity index (χ1v) is 7.94. The van der Waals surface area contributed by atoms with Crippen LogP contribution >= 0.6 is 11.6 Å². The third-order valence-electron chi connectivity index (χ3n) is 3.36. The minimum absolute atomic E-state index is 0.0314. The average molecular weight is 387 g/mol. The normalized spacial score (nSPS) is 11.7. The van der Waals surface area contributed by atoms with E-state index in [0.29, 0.717) is 21.7 Å². The Morgan fingerprint density at radius 2 is 1.50 bits per heavy atom. The van der Waals surface area contributed by atoms with Crippen LogP contribution in [0.3, 0.4) is 0 Å². The molecule has 2 amide bonds. The Hall–Kier alpha value is -2.58. The molecular formula is C17H16ClF3N3O2+. The van der Waals surface area contributed by atoms with Crippen molar-refractivity contribution in [3.05, 3.63) is 58.9 Å². The molecule has 0 spiro atoms. The largest absolute Gasteiger partial charge is 0.322 e. The fourth-order valence-electron chi connectivity index (χ4n) is 2.17. The molecule has 0 aromatic heterocycles. The lowest BCUT2D eigenvalue weighted by Crippen LogP contribution is -3.11. The van der Waals surface area contributed by atoms with Crippen LogP contribution < -0.4 is 15.5 Å². The maximum absolute atomic E-state index is 13.5. The Morgan fingerprint density at radius 3 is 2.12 bits per heavy atom. The zero-order valence-corrected chi connectivity index (χ0v) is 14.5. The molecule has 138 valence electrons. The van der Waals surface area contributed by atoms with E-state index in [4.69, 9.17) is 11.6 Å². The second-order valence-corrected chi connectivity index (χ2v) is 6.07. The van der Waals surface area contributed by atoms with Gasteiger partial charge >= 0.3 is 0 Å². The lowest BCUT2D eigenvalue weighted by atomic mass is 10.2. The highest BCUT2D eigenvalue weighted by atomic mass is 35.5. The fourth-order valence-corrected chi connectivity index (χ4v) is 2.29. The molecule has 0 aliphatic carbocycles. The molecule has 0 saturated carbocycles. The molecule has 0 aliphatic rings. The summed E-state index contributed by atoms with van der Waals surface area (Å²) in [4.78, 5) is 24.3. The van der Waals surface area contributed by atoms with Crippen LogP contribution in [0.5, 0.6) is 0 Å². The van der Waals surface area contributed by atoms with E-state index in [1.807, 2.05) is 0 Å². The van der Waals surface area contributed by atoms with Crippen molar-refractivity contribution in [2.24, 2.45) is 0 Å². The summed E-state index contributed by atoms with van der Waals surface area (Å²) >= 11 is 5.75. The summed E-state index contributed by atoms with van der Waals surface area (Å²) in [5, 5.41) is 5.33. The van der Waals surface area contributed by atoms with Crippen molar-refractivity contribution >= 4 is 34.8 Å². The van der Waals surface area contributed by atoms with Crippen LogP contribution in [0, 0.1) is 17.5 Å². The molecule has 0 radical (unpaired) electrons. The van der Waals surface area contributed by atoms with Crippen LogP contribution in [0.4, 0.5) is 24.5 Å². The van der Waals surface area contributed by atoms with Gasteiger partial charge in [0.1, 0.15) is 0 Å². The van der Waals surface area contributed by atoms with Crippen molar-refractivity contribution in [1.29, 1.82) is 0 Å². The second-order valence-electron chi connectivity index (χ2n) is 5.64. The topological polar surface area (TPSA) is 62.6 Å². The average Bonchev–Trinajstić information content (AvgIpc) is 2.57. The zero-order valence-electron chi connectivity index (χ0n) is 13.7. The predicted octanol–water partition coefficient (Wildman–Crippen LogP) is 1.85. The van der Waals surface area contributed by atoms with Crippen LogP contribution in [-0.4, -0.2) is 32.0 Å². The Bertz CT molecular complexity index is 816. The van der Waals surface area contributed by atoms with E-state index in [1.54, 1.807) is 31.3 Å². The van der Waals surface area contributed by atoms with Gasteiger partial charge in [-0.15, -0.1) is 0 Å². The van der Waals surface area contributed by atoms with E-state index < -0.39 is 29.0 Å². The van der Waals surface area contributed by atoms with Crippen molar-refractivity contribution in [3.63, 3.8) is 0 Å². The molecule has 2 aromatic rings. The molecule has 2 aromatic carbocycles. The van der Waals surface area contributed by atoms with Gasteiger partial charge in [-0.25, -0.2) is 13.2 Å². The van der Waals surface area contributed by atoms with Gasteiger partial charge in [-0.3, -0.25) is 9.59 Å². The number of amides is 2. The van der Waals surface area contributed by atoms with Gasteiger partial charge in [-0.1, -0.05) is 11.6 Å². The van der Waals surface area contributed by atoms with Crippen molar-refractivity contribution in [3.8, 4) is 0 Å². The molecule has 5 nitrogen and oxygen atoms in total. The molecule has 3 N–H and O–H groups in total. The predicted molar refractivity (Wildman–Crippen MR) is 91.6 cm³/mol. The number of halogens is 4. The Balaban J connectivity index is 1.86. The number of anilines is 2. The first-order valence-electron chi connectivity index (χ1n) is 7.56. The van der Waals surface area contributed by atoms with E-state index >= 15 is 0 Å². The molecule has 0 heterocycles. The molecule has 26 heavy (non-hydrogen) atoms. The lowest BCUT2D eigenvalue weighted by molar-refractivity contribution is -0.862. The number of carbonyl (C=O) groups is 2. The molecular weight excluding hydrogens is 371 g/mol. The quantitative estimate of drug-likeness (QED) is 0.663. The Labute approximate surface area is 152 Å². The Morgan fingerprint density at radius 1 is 0.923 bits per heavy atom. The molecule has 1 unspecified atom stereocenters. The summed E-state index contributed by atoms with van der Waals surface area (Å²) in [7, 11) is 1.59. The van der Waals surface area contributed by atoms with Crippen LogP contribution in [0.15, 0.2) is 36.4 Å². The van der Waals surface area contributed by atoms with Crippen molar-refractivity contribution < 1.29 is 27.7 Å². The second kappa shape index (κ2) is 8.68. The van der Waals surface area contributed by atoms with E-state index in [9.17, 15) is 22.8 Å². The van der Waals surface area contributed by atoms with Crippen molar-refractivity contribution in [1.82, 2.24) is 0 Å². The zero-order chi connectivity index (χ0) is 19.3. The smallest absolute Gasteiger partial charge is 0.279 e. The number of benzene rings is 2. The van der Waals surface area contributed by atoms with Gasteiger partial charge in [0.2, 0.25) is 0 Å². The van der Waals surface area contributed by atoms with Gasteiger partial charge in [0, 0.05) is 10.7 Å². The highest BCUT2D eigenvalue weighted by Crippen LogP contribution is 2.19. The van der Waals surface area contributed by atoms with Crippen molar-refractivity contribution in [2.75, 3.05) is 30.8 Å². The molecule has 2 rings (SSSR count). The van der Waals surface area contributed by atoms with Gasteiger partial charge in [0.05, 0.1) is 12.7 Å². The minimum atomic E-state index is -1.66. The molecule has 9 heteroatoms. The van der Waals surface area contributed by atoms with E-state index in [1.165, 1.54) is 0 Å². The first kappa shape index (κ1) is 19.7. The minimum Gasteiger partial charge on any atom is -0.322 e.